The van der Waals surface area contributed by atoms with E-state index in [-0.39, 0.29) is 5.54 Å². The van der Waals surface area contributed by atoms with Crippen molar-refractivity contribution in [1.82, 2.24) is 9.80 Å². The van der Waals surface area contributed by atoms with E-state index < -0.39 is 0 Å². The molecule has 2 fully saturated rings. The van der Waals surface area contributed by atoms with Crippen molar-refractivity contribution in [2.24, 2.45) is 11.8 Å². The first kappa shape index (κ1) is 20.2. The molecule has 1 saturated heterocycles. The Bertz CT molecular complexity index is 562. The first-order chi connectivity index (χ1) is 12.5. The fraction of sp³-hybridized carbons (Fsp3) is 0.739. The number of hydrogen-bond acceptors (Lipinski definition) is 2. The normalized spacial score (nSPS) is 31.5. The van der Waals surface area contributed by atoms with Crippen LogP contribution in [-0.2, 0) is 5.54 Å². The van der Waals surface area contributed by atoms with Crippen LogP contribution in [0.2, 0.25) is 5.02 Å². The van der Waals surface area contributed by atoms with Gasteiger partial charge in [0.15, 0.2) is 0 Å². The standard InChI is InChI=1S/C23H37ClN2/c1-5-18-12-15-26(16-13-18)22-11-14-23(25(3)4,17-19(22)6-2)20-7-9-21(24)10-8-20/h7-10,18-19,22H,5-6,11-17H2,1-4H3. The zero-order valence-corrected chi connectivity index (χ0v) is 17.9. The summed E-state index contributed by atoms with van der Waals surface area (Å²) in [5.41, 5.74) is 1.59. The molecule has 1 aromatic rings. The first-order valence-corrected chi connectivity index (χ1v) is 11.1. The Morgan fingerprint density at radius 3 is 2.23 bits per heavy atom. The molecule has 0 amide bonds. The molecule has 2 aliphatic rings. The van der Waals surface area contributed by atoms with Gasteiger partial charge in [0.25, 0.3) is 0 Å². The molecule has 1 heterocycles. The third-order valence-corrected chi connectivity index (χ3v) is 7.71. The van der Waals surface area contributed by atoms with Gasteiger partial charge in [0.05, 0.1) is 0 Å². The number of likely N-dealkylation sites (tertiary alicyclic amines) is 1. The van der Waals surface area contributed by atoms with Crippen LogP contribution in [0.4, 0.5) is 0 Å². The molecule has 0 radical (unpaired) electrons. The van der Waals surface area contributed by atoms with Crippen molar-refractivity contribution in [2.75, 3.05) is 27.2 Å². The van der Waals surface area contributed by atoms with Gasteiger partial charge in [-0.2, -0.15) is 0 Å². The highest BCUT2D eigenvalue weighted by atomic mass is 35.5. The summed E-state index contributed by atoms with van der Waals surface area (Å²) in [5.74, 6) is 1.74. The van der Waals surface area contributed by atoms with E-state index >= 15 is 0 Å². The second-order valence-electron chi connectivity index (χ2n) is 8.80. The summed E-state index contributed by atoms with van der Waals surface area (Å²) < 4.78 is 0. The average molecular weight is 377 g/mol. The molecule has 1 aliphatic heterocycles. The monoisotopic (exact) mass is 376 g/mol. The van der Waals surface area contributed by atoms with E-state index in [4.69, 9.17) is 11.6 Å². The van der Waals surface area contributed by atoms with Gasteiger partial charge in [-0.15, -0.1) is 0 Å². The van der Waals surface area contributed by atoms with Crippen LogP contribution in [0, 0.1) is 11.8 Å². The maximum Gasteiger partial charge on any atom is 0.0458 e. The summed E-state index contributed by atoms with van der Waals surface area (Å²) in [6.07, 6.45) is 9.26. The molecule has 0 bridgehead atoms. The quantitative estimate of drug-likeness (QED) is 0.640. The smallest absolute Gasteiger partial charge is 0.0458 e. The van der Waals surface area contributed by atoms with Gasteiger partial charge in [0.1, 0.15) is 0 Å². The highest BCUT2D eigenvalue weighted by molar-refractivity contribution is 6.30. The minimum atomic E-state index is 0.156. The third-order valence-electron chi connectivity index (χ3n) is 7.46. The molecule has 26 heavy (non-hydrogen) atoms. The van der Waals surface area contributed by atoms with Crippen LogP contribution in [0.25, 0.3) is 0 Å². The van der Waals surface area contributed by atoms with Crippen LogP contribution in [0.5, 0.6) is 0 Å². The van der Waals surface area contributed by atoms with Gasteiger partial charge in [-0.25, -0.2) is 0 Å². The highest BCUT2D eigenvalue weighted by Gasteiger charge is 2.44. The number of halogens is 1. The molecular weight excluding hydrogens is 340 g/mol. The second kappa shape index (κ2) is 8.63. The van der Waals surface area contributed by atoms with Crippen LogP contribution in [0.1, 0.15) is 64.4 Å². The van der Waals surface area contributed by atoms with Crippen molar-refractivity contribution in [1.29, 1.82) is 0 Å². The first-order valence-electron chi connectivity index (χ1n) is 10.7. The Morgan fingerprint density at radius 1 is 1.04 bits per heavy atom. The zero-order valence-electron chi connectivity index (χ0n) is 17.2. The van der Waals surface area contributed by atoms with E-state index in [0.29, 0.717) is 0 Å². The Morgan fingerprint density at radius 2 is 1.69 bits per heavy atom. The molecular formula is C23H37ClN2. The number of piperidine rings is 1. The Balaban J connectivity index is 1.77. The Hall–Kier alpha value is -0.570. The topological polar surface area (TPSA) is 6.48 Å². The molecule has 1 saturated carbocycles. The average Bonchev–Trinajstić information content (AvgIpc) is 2.68. The van der Waals surface area contributed by atoms with Crippen molar-refractivity contribution in [3.8, 4) is 0 Å². The van der Waals surface area contributed by atoms with Crippen LogP contribution in [0.3, 0.4) is 0 Å². The molecule has 1 aliphatic carbocycles. The van der Waals surface area contributed by atoms with Crippen molar-refractivity contribution in [3.63, 3.8) is 0 Å². The SMILES string of the molecule is CCC1CCN(C2CCC(c3ccc(Cl)cc3)(N(C)C)CC2CC)CC1. The van der Waals surface area contributed by atoms with Crippen molar-refractivity contribution < 1.29 is 0 Å². The van der Waals surface area contributed by atoms with E-state index in [1.807, 2.05) is 0 Å². The molecule has 3 rings (SSSR count). The van der Waals surface area contributed by atoms with Gasteiger partial charge in [-0.1, -0.05) is 50.4 Å². The molecule has 1 aromatic carbocycles. The zero-order chi connectivity index (χ0) is 18.7. The summed E-state index contributed by atoms with van der Waals surface area (Å²) in [7, 11) is 4.52. The van der Waals surface area contributed by atoms with E-state index in [1.165, 1.54) is 63.6 Å². The summed E-state index contributed by atoms with van der Waals surface area (Å²) in [5, 5.41) is 0.835. The van der Waals surface area contributed by atoms with E-state index in [1.54, 1.807) is 0 Å². The lowest BCUT2D eigenvalue weighted by Crippen LogP contribution is -2.54. The maximum absolute atomic E-state index is 6.16. The number of rotatable bonds is 5. The van der Waals surface area contributed by atoms with Gasteiger partial charge >= 0.3 is 0 Å². The minimum Gasteiger partial charge on any atom is -0.300 e. The molecule has 3 unspecified atom stereocenters. The summed E-state index contributed by atoms with van der Waals surface area (Å²) >= 11 is 6.16. The van der Waals surface area contributed by atoms with E-state index in [2.05, 4.69) is 62.0 Å². The summed E-state index contributed by atoms with van der Waals surface area (Å²) in [6.45, 7) is 7.38. The molecule has 3 heteroatoms. The lowest BCUT2D eigenvalue weighted by Gasteiger charge is -2.52. The number of hydrogen-bond donors (Lipinski definition) is 0. The number of benzene rings is 1. The fourth-order valence-corrected chi connectivity index (χ4v) is 5.70. The molecule has 146 valence electrons. The van der Waals surface area contributed by atoms with Crippen LogP contribution in [0.15, 0.2) is 24.3 Å². The Labute approximate surface area is 165 Å². The highest BCUT2D eigenvalue weighted by Crippen LogP contribution is 2.46. The largest absolute Gasteiger partial charge is 0.300 e. The summed E-state index contributed by atoms with van der Waals surface area (Å²) in [6, 6.07) is 9.40. The minimum absolute atomic E-state index is 0.156. The fourth-order valence-electron chi connectivity index (χ4n) is 5.57. The van der Waals surface area contributed by atoms with Crippen molar-refractivity contribution >= 4 is 11.6 Å². The van der Waals surface area contributed by atoms with Crippen molar-refractivity contribution in [2.45, 2.75) is 70.4 Å². The number of nitrogens with zero attached hydrogens (tertiary/aromatic N) is 2. The van der Waals surface area contributed by atoms with Crippen LogP contribution in [-0.4, -0.2) is 43.0 Å². The van der Waals surface area contributed by atoms with Gasteiger partial charge in [0, 0.05) is 16.6 Å². The lowest BCUT2D eigenvalue weighted by molar-refractivity contribution is -0.00502. The van der Waals surface area contributed by atoms with Crippen LogP contribution >= 0.6 is 11.6 Å². The maximum atomic E-state index is 6.16. The van der Waals surface area contributed by atoms with E-state index in [9.17, 15) is 0 Å². The Kier molecular flexibility index (Phi) is 6.69. The van der Waals surface area contributed by atoms with E-state index in [0.717, 1.165) is 22.9 Å². The lowest BCUT2D eigenvalue weighted by atomic mass is 9.67. The molecule has 0 aromatic heterocycles. The molecule has 0 N–H and O–H groups in total. The molecule has 0 spiro atoms. The predicted octanol–water partition coefficient (Wildman–Crippen LogP) is 5.80. The van der Waals surface area contributed by atoms with Crippen molar-refractivity contribution in [3.05, 3.63) is 34.9 Å². The third kappa shape index (κ3) is 3.98. The molecule has 3 atom stereocenters. The van der Waals surface area contributed by atoms with Gasteiger partial charge in [0.2, 0.25) is 0 Å². The van der Waals surface area contributed by atoms with Gasteiger partial charge in [-0.3, -0.25) is 4.90 Å². The predicted molar refractivity (Wildman–Crippen MR) is 113 cm³/mol. The van der Waals surface area contributed by atoms with Gasteiger partial charge < -0.3 is 4.90 Å². The molecule has 2 nitrogen and oxygen atoms in total. The summed E-state index contributed by atoms with van der Waals surface area (Å²) in [4.78, 5) is 5.31. The van der Waals surface area contributed by atoms with Crippen LogP contribution < -0.4 is 0 Å². The van der Waals surface area contributed by atoms with Gasteiger partial charge in [-0.05, 0) is 88.8 Å². The second-order valence-corrected chi connectivity index (χ2v) is 9.24.